The Morgan fingerprint density at radius 3 is 3.06 bits per heavy atom. The molecule has 2 nitrogen and oxygen atoms in total. The van der Waals surface area contributed by atoms with Crippen LogP contribution in [0.15, 0.2) is 23.1 Å². The molecule has 1 heterocycles. The van der Waals surface area contributed by atoms with E-state index in [-0.39, 0.29) is 18.5 Å². The van der Waals surface area contributed by atoms with Gasteiger partial charge in [-0.1, -0.05) is 12.1 Å². The molecule has 1 aliphatic rings. The van der Waals surface area contributed by atoms with E-state index >= 15 is 0 Å². The molecule has 1 atom stereocenters. The Morgan fingerprint density at radius 1 is 1.50 bits per heavy atom. The van der Waals surface area contributed by atoms with Gasteiger partial charge in [-0.15, -0.1) is 11.8 Å². The molecule has 2 rings (SSSR count). The fourth-order valence-electron chi connectivity index (χ4n) is 1.79. The molecule has 0 amide bonds. The van der Waals surface area contributed by atoms with Gasteiger partial charge in [0, 0.05) is 17.3 Å². The number of aliphatic hydroxyl groups excluding tert-OH is 1. The van der Waals surface area contributed by atoms with Gasteiger partial charge in [0.25, 0.3) is 0 Å². The minimum atomic E-state index is -0.255. The Bertz CT molecular complexity index is 351. The van der Waals surface area contributed by atoms with E-state index in [9.17, 15) is 4.39 Å². The van der Waals surface area contributed by atoms with Crippen molar-refractivity contribution in [2.75, 3.05) is 12.4 Å². The second-order valence-corrected chi connectivity index (χ2v) is 4.86. The first-order valence-electron chi connectivity index (χ1n) is 5.44. The van der Waals surface area contributed by atoms with Crippen molar-refractivity contribution in [2.45, 2.75) is 30.4 Å². The van der Waals surface area contributed by atoms with Crippen LogP contribution in [0.5, 0.6) is 0 Å². The summed E-state index contributed by atoms with van der Waals surface area (Å²) in [7, 11) is 0. The van der Waals surface area contributed by atoms with Gasteiger partial charge < -0.3 is 9.84 Å². The van der Waals surface area contributed by atoms with Gasteiger partial charge in [-0.2, -0.15) is 0 Å². The lowest BCUT2D eigenvalue weighted by molar-refractivity contribution is 0.129. The summed E-state index contributed by atoms with van der Waals surface area (Å²) < 4.78 is 19.0. The molecule has 1 aromatic carbocycles. The van der Waals surface area contributed by atoms with Crippen LogP contribution in [0.2, 0.25) is 0 Å². The van der Waals surface area contributed by atoms with Crippen molar-refractivity contribution >= 4 is 11.8 Å². The molecule has 0 aliphatic carbocycles. The molecule has 1 aliphatic heterocycles. The number of aliphatic hydroxyl groups is 1. The lowest BCUT2D eigenvalue weighted by Gasteiger charge is -2.11. The Balaban J connectivity index is 2.01. The van der Waals surface area contributed by atoms with Crippen LogP contribution < -0.4 is 0 Å². The minimum Gasteiger partial charge on any atom is -0.392 e. The number of rotatable bonds is 4. The topological polar surface area (TPSA) is 29.5 Å². The maximum atomic E-state index is 13.5. The minimum absolute atomic E-state index is 0.119. The molecule has 1 saturated heterocycles. The number of halogens is 1. The fourth-order valence-corrected chi connectivity index (χ4v) is 2.93. The number of benzene rings is 1. The number of hydrogen-bond acceptors (Lipinski definition) is 3. The Hall–Kier alpha value is -0.580. The maximum Gasteiger partial charge on any atom is 0.137 e. The third-order valence-corrected chi connectivity index (χ3v) is 3.94. The van der Waals surface area contributed by atoms with Crippen LogP contribution in [-0.4, -0.2) is 23.6 Å². The molecule has 0 spiro atoms. The molecule has 4 heteroatoms. The Kier molecular flexibility index (Phi) is 4.21. The smallest absolute Gasteiger partial charge is 0.137 e. The van der Waals surface area contributed by atoms with Crippen LogP contribution in [0, 0.1) is 5.82 Å². The second kappa shape index (κ2) is 5.66. The van der Waals surface area contributed by atoms with Crippen molar-refractivity contribution in [1.29, 1.82) is 0 Å². The van der Waals surface area contributed by atoms with Gasteiger partial charge in [0.15, 0.2) is 0 Å². The zero-order valence-corrected chi connectivity index (χ0v) is 9.80. The zero-order valence-electron chi connectivity index (χ0n) is 8.99. The lowest BCUT2D eigenvalue weighted by atomic mass is 10.2. The van der Waals surface area contributed by atoms with Gasteiger partial charge in [0.1, 0.15) is 5.82 Å². The lowest BCUT2D eigenvalue weighted by Crippen LogP contribution is -2.08. The highest BCUT2D eigenvalue weighted by Crippen LogP contribution is 2.29. The molecule has 0 radical (unpaired) electrons. The molecule has 1 aromatic rings. The van der Waals surface area contributed by atoms with Gasteiger partial charge in [0.05, 0.1) is 12.7 Å². The summed E-state index contributed by atoms with van der Waals surface area (Å²) in [6, 6.07) is 4.80. The van der Waals surface area contributed by atoms with Crippen LogP contribution in [0.25, 0.3) is 0 Å². The highest BCUT2D eigenvalue weighted by molar-refractivity contribution is 7.99. The van der Waals surface area contributed by atoms with Crippen LogP contribution >= 0.6 is 11.8 Å². The van der Waals surface area contributed by atoms with E-state index < -0.39 is 0 Å². The number of hydrogen-bond donors (Lipinski definition) is 1. The Labute approximate surface area is 98.8 Å². The summed E-state index contributed by atoms with van der Waals surface area (Å²) in [5.74, 6) is 0.503. The normalized spacial score (nSPS) is 20.2. The van der Waals surface area contributed by atoms with Crippen molar-refractivity contribution in [1.82, 2.24) is 0 Å². The van der Waals surface area contributed by atoms with Crippen LogP contribution in [0.4, 0.5) is 4.39 Å². The van der Waals surface area contributed by atoms with Gasteiger partial charge in [-0.05, 0) is 24.5 Å². The van der Waals surface area contributed by atoms with Gasteiger partial charge in [-0.3, -0.25) is 0 Å². The van der Waals surface area contributed by atoms with Gasteiger partial charge in [0.2, 0.25) is 0 Å². The van der Waals surface area contributed by atoms with E-state index in [2.05, 4.69) is 0 Å². The maximum absolute atomic E-state index is 13.5. The molecular formula is C12H15FO2S. The summed E-state index contributed by atoms with van der Waals surface area (Å²) in [4.78, 5) is 0.556. The van der Waals surface area contributed by atoms with Crippen LogP contribution in [-0.2, 0) is 11.3 Å². The average molecular weight is 242 g/mol. The summed E-state index contributed by atoms with van der Waals surface area (Å²) in [6.07, 6.45) is 2.38. The van der Waals surface area contributed by atoms with Crippen LogP contribution in [0.3, 0.4) is 0 Å². The Morgan fingerprint density at radius 2 is 2.38 bits per heavy atom. The third-order valence-electron chi connectivity index (χ3n) is 2.66. The summed E-state index contributed by atoms with van der Waals surface area (Å²) >= 11 is 1.44. The number of thioether (sulfide) groups is 1. The van der Waals surface area contributed by atoms with E-state index in [0.29, 0.717) is 10.5 Å². The second-order valence-electron chi connectivity index (χ2n) is 3.83. The predicted octanol–water partition coefficient (Wildman–Crippen LogP) is 2.59. The predicted molar refractivity (Wildman–Crippen MR) is 62.0 cm³/mol. The van der Waals surface area contributed by atoms with E-state index in [4.69, 9.17) is 9.84 Å². The van der Waals surface area contributed by atoms with E-state index in [1.807, 2.05) is 0 Å². The van der Waals surface area contributed by atoms with E-state index in [0.717, 1.165) is 25.2 Å². The quantitative estimate of drug-likeness (QED) is 0.823. The first-order valence-corrected chi connectivity index (χ1v) is 6.42. The molecule has 0 saturated carbocycles. The standard InChI is InChI=1S/C12H15FO2S/c13-11-5-1-3-9(7-14)12(11)16-8-10-4-2-6-15-10/h1,3,5,10,14H,2,4,6-8H2. The highest BCUT2D eigenvalue weighted by Gasteiger charge is 2.17. The fraction of sp³-hybridized carbons (Fsp3) is 0.500. The van der Waals surface area contributed by atoms with Gasteiger partial charge >= 0.3 is 0 Å². The summed E-state index contributed by atoms with van der Waals surface area (Å²) in [5.41, 5.74) is 0.656. The van der Waals surface area contributed by atoms with Crippen molar-refractivity contribution in [3.8, 4) is 0 Å². The molecule has 88 valence electrons. The van der Waals surface area contributed by atoms with Gasteiger partial charge in [-0.25, -0.2) is 4.39 Å². The molecule has 1 N–H and O–H groups in total. The van der Waals surface area contributed by atoms with Crippen LogP contribution in [0.1, 0.15) is 18.4 Å². The zero-order chi connectivity index (χ0) is 11.4. The molecule has 1 fully saturated rings. The SMILES string of the molecule is OCc1cccc(F)c1SCC1CCCO1. The molecule has 0 aromatic heterocycles. The monoisotopic (exact) mass is 242 g/mol. The molecule has 0 bridgehead atoms. The molecular weight excluding hydrogens is 227 g/mol. The van der Waals surface area contributed by atoms with Crippen molar-refractivity contribution in [3.05, 3.63) is 29.6 Å². The highest BCUT2D eigenvalue weighted by atomic mass is 32.2. The molecule has 1 unspecified atom stereocenters. The van der Waals surface area contributed by atoms with Crippen molar-refractivity contribution in [2.24, 2.45) is 0 Å². The summed E-state index contributed by atoms with van der Waals surface area (Å²) in [6.45, 7) is 0.695. The molecule has 16 heavy (non-hydrogen) atoms. The third kappa shape index (κ3) is 2.75. The van der Waals surface area contributed by atoms with Crippen molar-refractivity contribution in [3.63, 3.8) is 0 Å². The number of ether oxygens (including phenoxy) is 1. The van der Waals surface area contributed by atoms with Crippen molar-refractivity contribution < 1.29 is 14.2 Å². The average Bonchev–Trinajstić information content (AvgIpc) is 2.80. The first kappa shape index (κ1) is 11.9. The van der Waals surface area contributed by atoms with E-state index in [1.165, 1.54) is 17.8 Å². The van der Waals surface area contributed by atoms with E-state index in [1.54, 1.807) is 12.1 Å². The largest absolute Gasteiger partial charge is 0.392 e. The summed E-state index contributed by atoms with van der Waals surface area (Å²) in [5, 5.41) is 9.12. The first-order chi connectivity index (χ1) is 7.81.